The second-order valence-electron chi connectivity index (χ2n) is 7.54. The molecule has 0 radical (unpaired) electrons. The third kappa shape index (κ3) is 5.12. The molecule has 1 amide bonds. The van der Waals surface area contributed by atoms with E-state index in [1.54, 1.807) is 7.11 Å². The predicted octanol–water partition coefficient (Wildman–Crippen LogP) is 4.68. The molecular weight excluding hydrogens is 340 g/mol. The van der Waals surface area contributed by atoms with Gasteiger partial charge in [-0.15, -0.1) is 0 Å². The molecule has 2 atom stereocenters. The van der Waals surface area contributed by atoms with Crippen molar-refractivity contribution in [1.29, 1.82) is 0 Å². The van der Waals surface area contributed by atoms with Crippen LogP contribution in [0.15, 0.2) is 28.7 Å². The third-order valence-electron chi connectivity index (χ3n) is 5.50. The zero-order chi connectivity index (χ0) is 19.2. The maximum absolute atomic E-state index is 12.3. The molecule has 5 heteroatoms. The molecule has 0 saturated heterocycles. The molecule has 1 N–H and O–H groups in total. The van der Waals surface area contributed by atoms with E-state index in [1.165, 1.54) is 19.3 Å². The largest absolute Gasteiger partial charge is 0.497 e. The van der Waals surface area contributed by atoms with Crippen LogP contribution in [0.25, 0.3) is 11.5 Å². The van der Waals surface area contributed by atoms with Crippen LogP contribution in [-0.4, -0.2) is 24.0 Å². The Morgan fingerprint density at radius 2 is 2.00 bits per heavy atom. The summed E-state index contributed by atoms with van der Waals surface area (Å²) in [4.78, 5) is 16.9. The number of aryl methyl sites for hydroxylation is 2. The summed E-state index contributed by atoms with van der Waals surface area (Å²) in [6, 6.07) is 8.01. The van der Waals surface area contributed by atoms with Crippen LogP contribution in [0.4, 0.5) is 0 Å². The van der Waals surface area contributed by atoms with Gasteiger partial charge >= 0.3 is 0 Å². The number of methoxy groups -OCH3 is 1. The Balaban J connectivity index is 1.50. The fraction of sp³-hybridized carbons (Fsp3) is 0.545. The van der Waals surface area contributed by atoms with Crippen LogP contribution < -0.4 is 10.1 Å². The average molecular weight is 370 g/mol. The van der Waals surface area contributed by atoms with Gasteiger partial charge in [0.15, 0.2) is 0 Å². The normalized spacial score (nSPS) is 19.7. The highest BCUT2D eigenvalue weighted by Crippen LogP contribution is 2.25. The number of amides is 1. The molecule has 1 heterocycles. The maximum Gasteiger partial charge on any atom is 0.226 e. The predicted molar refractivity (Wildman–Crippen MR) is 106 cm³/mol. The summed E-state index contributed by atoms with van der Waals surface area (Å²) >= 11 is 0. The van der Waals surface area contributed by atoms with E-state index >= 15 is 0 Å². The van der Waals surface area contributed by atoms with Gasteiger partial charge in [0.25, 0.3) is 0 Å². The molecule has 1 aromatic heterocycles. The van der Waals surface area contributed by atoms with E-state index in [1.807, 2.05) is 31.2 Å². The van der Waals surface area contributed by atoms with Crippen molar-refractivity contribution < 1.29 is 13.9 Å². The van der Waals surface area contributed by atoms with E-state index in [-0.39, 0.29) is 5.91 Å². The number of nitrogens with one attached hydrogen (secondary N) is 1. The maximum atomic E-state index is 12.3. The summed E-state index contributed by atoms with van der Waals surface area (Å²) in [7, 11) is 1.65. The number of hydrogen-bond donors (Lipinski definition) is 1. The number of rotatable bonds is 7. The van der Waals surface area contributed by atoms with E-state index in [2.05, 4.69) is 17.2 Å². The minimum atomic E-state index is 0.158. The molecule has 2 aromatic rings. The lowest BCUT2D eigenvalue weighted by molar-refractivity contribution is -0.122. The zero-order valence-corrected chi connectivity index (χ0v) is 16.6. The smallest absolute Gasteiger partial charge is 0.226 e. The van der Waals surface area contributed by atoms with Crippen LogP contribution in [-0.2, 0) is 11.2 Å². The number of hydrogen-bond acceptors (Lipinski definition) is 4. The Kier molecular flexibility index (Phi) is 6.54. The van der Waals surface area contributed by atoms with E-state index in [0.29, 0.717) is 24.3 Å². The van der Waals surface area contributed by atoms with Crippen molar-refractivity contribution in [3.8, 4) is 17.2 Å². The van der Waals surface area contributed by atoms with Gasteiger partial charge in [0.1, 0.15) is 11.5 Å². The minimum Gasteiger partial charge on any atom is -0.497 e. The van der Waals surface area contributed by atoms with Crippen LogP contribution in [0.3, 0.4) is 0 Å². The van der Waals surface area contributed by atoms with E-state index in [9.17, 15) is 4.79 Å². The third-order valence-corrected chi connectivity index (χ3v) is 5.50. The number of benzene rings is 1. The summed E-state index contributed by atoms with van der Waals surface area (Å²) in [5.41, 5.74) is 1.86. The van der Waals surface area contributed by atoms with Gasteiger partial charge in [-0.1, -0.05) is 19.8 Å². The summed E-state index contributed by atoms with van der Waals surface area (Å²) in [5, 5.41) is 3.22. The Bertz CT molecular complexity index is 751. The molecule has 0 bridgehead atoms. The number of ether oxygens (including phenoxy) is 1. The fourth-order valence-electron chi connectivity index (χ4n) is 3.74. The molecule has 1 aliphatic carbocycles. The zero-order valence-electron chi connectivity index (χ0n) is 16.6. The molecule has 0 aliphatic heterocycles. The molecule has 146 valence electrons. The fourth-order valence-corrected chi connectivity index (χ4v) is 3.74. The van der Waals surface area contributed by atoms with Gasteiger partial charge in [-0.25, -0.2) is 4.98 Å². The summed E-state index contributed by atoms with van der Waals surface area (Å²) in [5.74, 6) is 2.99. The van der Waals surface area contributed by atoms with Gasteiger partial charge in [-0.3, -0.25) is 4.79 Å². The van der Waals surface area contributed by atoms with Crippen LogP contribution in [0.1, 0.15) is 56.9 Å². The topological polar surface area (TPSA) is 64.4 Å². The quantitative estimate of drug-likeness (QED) is 0.769. The molecule has 1 saturated carbocycles. The summed E-state index contributed by atoms with van der Waals surface area (Å²) in [6.45, 7) is 4.17. The van der Waals surface area contributed by atoms with Crippen molar-refractivity contribution >= 4 is 5.91 Å². The molecule has 0 spiro atoms. The summed E-state index contributed by atoms with van der Waals surface area (Å²) < 4.78 is 11.0. The van der Waals surface area contributed by atoms with Crippen molar-refractivity contribution in [3.63, 3.8) is 0 Å². The second kappa shape index (κ2) is 9.07. The lowest BCUT2D eigenvalue weighted by atomic mass is 9.86. The van der Waals surface area contributed by atoms with Gasteiger partial charge in [-0.05, 0) is 62.8 Å². The van der Waals surface area contributed by atoms with Crippen molar-refractivity contribution in [2.75, 3.05) is 7.11 Å². The van der Waals surface area contributed by atoms with Crippen molar-refractivity contribution in [1.82, 2.24) is 10.3 Å². The van der Waals surface area contributed by atoms with Crippen LogP contribution in [0.2, 0.25) is 0 Å². The number of nitrogens with zero attached hydrogens (tertiary/aromatic N) is 1. The first-order valence-electron chi connectivity index (χ1n) is 9.97. The van der Waals surface area contributed by atoms with Gasteiger partial charge in [0, 0.05) is 18.0 Å². The number of carbonyl (C=O) groups is 1. The van der Waals surface area contributed by atoms with E-state index < -0.39 is 0 Å². The number of oxazole rings is 1. The Labute approximate surface area is 161 Å². The Morgan fingerprint density at radius 1 is 1.26 bits per heavy atom. The van der Waals surface area contributed by atoms with Crippen molar-refractivity contribution in [2.45, 2.75) is 64.8 Å². The minimum absolute atomic E-state index is 0.158. The molecule has 5 nitrogen and oxygen atoms in total. The van der Waals surface area contributed by atoms with Crippen LogP contribution in [0, 0.1) is 12.8 Å². The number of aromatic nitrogens is 1. The van der Waals surface area contributed by atoms with Gasteiger partial charge in [0.05, 0.1) is 12.8 Å². The number of carbonyl (C=O) groups excluding carboxylic acids is 1. The highest BCUT2D eigenvalue weighted by atomic mass is 16.5. The lowest BCUT2D eigenvalue weighted by Gasteiger charge is -2.29. The van der Waals surface area contributed by atoms with Crippen molar-refractivity contribution in [2.24, 2.45) is 5.92 Å². The average Bonchev–Trinajstić information content (AvgIpc) is 3.04. The molecule has 3 rings (SSSR count). The highest BCUT2D eigenvalue weighted by Gasteiger charge is 2.22. The first-order valence-corrected chi connectivity index (χ1v) is 9.97. The molecular formula is C22H30N2O3. The van der Waals surface area contributed by atoms with E-state index in [0.717, 1.165) is 42.0 Å². The molecule has 2 unspecified atom stereocenters. The second-order valence-corrected chi connectivity index (χ2v) is 7.54. The summed E-state index contributed by atoms with van der Waals surface area (Å²) in [6.07, 6.45) is 6.91. The standard InChI is InChI=1S/C22H30N2O3/c1-15-7-4-5-8-19(15)23-21(25)10-6-9-20-16(2)27-22(24-20)17-11-13-18(26-3)14-12-17/h11-15,19H,4-10H2,1-3H3,(H,23,25). The van der Waals surface area contributed by atoms with Gasteiger partial charge in [0.2, 0.25) is 11.8 Å². The first kappa shape index (κ1) is 19.5. The Morgan fingerprint density at radius 3 is 2.70 bits per heavy atom. The molecule has 1 aromatic carbocycles. The first-order chi connectivity index (χ1) is 13.1. The molecule has 1 aliphatic rings. The van der Waals surface area contributed by atoms with Gasteiger partial charge in [-0.2, -0.15) is 0 Å². The molecule has 27 heavy (non-hydrogen) atoms. The van der Waals surface area contributed by atoms with Crippen LogP contribution >= 0.6 is 0 Å². The van der Waals surface area contributed by atoms with Gasteiger partial charge < -0.3 is 14.5 Å². The highest BCUT2D eigenvalue weighted by molar-refractivity contribution is 5.76. The Hall–Kier alpha value is -2.30. The van der Waals surface area contributed by atoms with Crippen molar-refractivity contribution in [3.05, 3.63) is 35.7 Å². The lowest BCUT2D eigenvalue weighted by Crippen LogP contribution is -2.40. The van der Waals surface area contributed by atoms with Crippen LogP contribution in [0.5, 0.6) is 5.75 Å². The monoisotopic (exact) mass is 370 g/mol. The molecule has 1 fully saturated rings. The van der Waals surface area contributed by atoms with E-state index in [4.69, 9.17) is 9.15 Å². The SMILES string of the molecule is COc1ccc(-c2nc(CCCC(=O)NC3CCCCC3C)c(C)o2)cc1.